The molecule has 0 fully saturated rings. The first kappa shape index (κ1) is 12.6. The summed E-state index contributed by atoms with van der Waals surface area (Å²) in [5, 5.41) is 2.70. The van der Waals surface area contributed by atoms with Gasteiger partial charge >= 0.3 is 0 Å². The number of aromatic nitrogens is 1. The van der Waals surface area contributed by atoms with Crippen LogP contribution in [0.3, 0.4) is 0 Å². The number of hydrogen-bond acceptors (Lipinski definition) is 2. The van der Waals surface area contributed by atoms with E-state index in [0.717, 1.165) is 5.56 Å². The van der Waals surface area contributed by atoms with Gasteiger partial charge in [0.2, 0.25) is 0 Å². The number of carbonyl (C=O) groups is 1. The van der Waals surface area contributed by atoms with Gasteiger partial charge in [-0.25, -0.2) is 0 Å². The smallest absolute Gasteiger partial charge is 0.260 e. The van der Waals surface area contributed by atoms with Gasteiger partial charge in [0.25, 0.3) is 11.5 Å². The Labute approximate surface area is 112 Å². The number of aromatic amines is 1. The van der Waals surface area contributed by atoms with E-state index in [9.17, 15) is 9.59 Å². The number of nitrogens with one attached hydrogen (secondary N) is 2. The molecule has 0 radical (unpaired) electrons. The van der Waals surface area contributed by atoms with Crippen LogP contribution >= 0.6 is 15.9 Å². The molecule has 1 amide bonds. The summed E-state index contributed by atoms with van der Waals surface area (Å²) >= 11 is 3.21. The number of benzene rings is 1. The maximum Gasteiger partial charge on any atom is 0.260 e. The molecule has 0 saturated carbocycles. The minimum absolute atomic E-state index is 0.0975. The topological polar surface area (TPSA) is 62.0 Å². The Morgan fingerprint density at radius 3 is 2.72 bits per heavy atom. The van der Waals surface area contributed by atoms with Crippen molar-refractivity contribution in [1.29, 1.82) is 0 Å². The van der Waals surface area contributed by atoms with Crippen molar-refractivity contribution in [2.45, 2.75) is 6.54 Å². The lowest BCUT2D eigenvalue weighted by Crippen LogP contribution is -2.29. The Kier molecular flexibility index (Phi) is 3.94. The van der Waals surface area contributed by atoms with Crippen molar-refractivity contribution >= 4 is 21.8 Å². The van der Waals surface area contributed by atoms with Crippen LogP contribution in [0.25, 0.3) is 0 Å². The van der Waals surface area contributed by atoms with Gasteiger partial charge in [0.15, 0.2) is 0 Å². The number of carbonyl (C=O) groups excluding carboxylic acids is 1. The summed E-state index contributed by atoms with van der Waals surface area (Å²) in [6.45, 7) is 0.394. The molecule has 4 nitrogen and oxygen atoms in total. The van der Waals surface area contributed by atoms with Crippen LogP contribution in [0, 0.1) is 0 Å². The molecule has 0 bridgehead atoms. The maximum atomic E-state index is 11.8. The van der Waals surface area contributed by atoms with Crippen LogP contribution in [-0.2, 0) is 6.54 Å². The van der Waals surface area contributed by atoms with E-state index in [0.29, 0.717) is 11.0 Å². The zero-order chi connectivity index (χ0) is 13.0. The second kappa shape index (κ2) is 5.64. The van der Waals surface area contributed by atoms with Gasteiger partial charge in [-0.15, -0.1) is 0 Å². The first-order chi connectivity index (χ1) is 8.66. The van der Waals surface area contributed by atoms with E-state index in [2.05, 4.69) is 26.2 Å². The molecule has 92 valence electrons. The summed E-state index contributed by atoms with van der Waals surface area (Å²) < 4.78 is 0.659. The van der Waals surface area contributed by atoms with E-state index in [-0.39, 0.29) is 11.5 Å². The monoisotopic (exact) mass is 306 g/mol. The Morgan fingerprint density at radius 2 is 2.00 bits per heavy atom. The van der Waals surface area contributed by atoms with Crippen molar-refractivity contribution in [2.75, 3.05) is 0 Å². The SMILES string of the molecule is O=C(NCc1ccccc1)c1cc(Br)c[nH]c1=O. The van der Waals surface area contributed by atoms with Gasteiger partial charge in [0.1, 0.15) is 5.56 Å². The highest BCUT2D eigenvalue weighted by Crippen LogP contribution is 2.07. The Balaban J connectivity index is 2.09. The lowest BCUT2D eigenvalue weighted by molar-refractivity contribution is 0.0949. The van der Waals surface area contributed by atoms with Gasteiger partial charge in [0, 0.05) is 17.2 Å². The lowest BCUT2D eigenvalue weighted by Gasteiger charge is -2.04. The standard InChI is InChI=1S/C13H11BrN2O2/c14-10-6-11(13(18)16-8-10)12(17)15-7-9-4-2-1-3-5-9/h1-6,8H,7H2,(H,15,17)(H,16,18). The fourth-order valence-corrected chi connectivity index (χ4v) is 1.84. The van der Waals surface area contributed by atoms with E-state index >= 15 is 0 Å². The zero-order valence-corrected chi connectivity index (χ0v) is 11.0. The van der Waals surface area contributed by atoms with Crippen LogP contribution in [0.1, 0.15) is 15.9 Å². The highest BCUT2D eigenvalue weighted by molar-refractivity contribution is 9.10. The van der Waals surface area contributed by atoms with Crippen LogP contribution in [0.2, 0.25) is 0 Å². The molecule has 0 saturated heterocycles. The third kappa shape index (κ3) is 3.07. The molecule has 0 unspecified atom stereocenters. The third-order valence-electron chi connectivity index (χ3n) is 2.41. The average molecular weight is 307 g/mol. The zero-order valence-electron chi connectivity index (χ0n) is 9.44. The normalized spacial score (nSPS) is 10.1. The molecule has 0 aliphatic carbocycles. The lowest BCUT2D eigenvalue weighted by atomic mass is 10.2. The molecule has 18 heavy (non-hydrogen) atoms. The quantitative estimate of drug-likeness (QED) is 0.912. The van der Waals surface area contributed by atoms with E-state index in [1.54, 1.807) is 0 Å². The second-order valence-corrected chi connectivity index (χ2v) is 4.64. The summed E-state index contributed by atoms with van der Waals surface area (Å²) in [4.78, 5) is 25.8. The summed E-state index contributed by atoms with van der Waals surface area (Å²) in [7, 11) is 0. The van der Waals surface area contributed by atoms with Crippen LogP contribution in [-0.4, -0.2) is 10.9 Å². The molecule has 1 heterocycles. The Morgan fingerprint density at radius 1 is 1.28 bits per heavy atom. The van der Waals surface area contributed by atoms with Gasteiger partial charge in [-0.2, -0.15) is 0 Å². The largest absolute Gasteiger partial charge is 0.348 e. The predicted molar refractivity (Wildman–Crippen MR) is 72.4 cm³/mol. The second-order valence-electron chi connectivity index (χ2n) is 3.73. The number of hydrogen-bond donors (Lipinski definition) is 2. The molecule has 2 rings (SSSR count). The summed E-state index contributed by atoms with van der Waals surface area (Å²) in [6, 6.07) is 11.0. The van der Waals surface area contributed by atoms with Crippen LogP contribution < -0.4 is 10.9 Å². The molecule has 2 aromatic rings. The molecule has 2 N–H and O–H groups in total. The predicted octanol–water partition coefficient (Wildman–Crippen LogP) is 2.07. The van der Waals surface area contributed by atoms with E-state index in [4.69, 9.17) is 0 Å². The molecule has 0 atom stereocenters. The van der Waals surface area contributed by atoms with Crippen LogP contribution in [0.15, 0.2) is 51.9 Å². The fourth-order valence-electron chi connectivity index (χ4n) is 1.50. The van der Waals surface area contributed by atoms with Crippen molar-refractivity contribution < 1.29 is 4.79 Å². The summed E-state index contributed by atoms with van der Waals surface area (Å²) in [5.74, 6) is -0.388. The molecule has 0 aliphatic rings. The van der Waals surface area contributed by atoms with Crippen molar-refractivity contribution in [3.63, 3.8) is 0 Å². The number of H-pyrrole nitrogens is 1. The van der Waals surface area contributed by atoms with E-state index < -0.39 is 5.56 Å². The molecule has 5 heteroatoms. The van der Waals surface area contributed by atoms with Crippen molar-refractivity contribution in [2.24, 2.45) is 0 Å². The minimum atomic E-state index is -0.399. The average Bonchev–Trinajstić information content (AvgIpc) is 2.40. The summed E-state index contributed by atoms with van der Waals surface area (Å²) in [6.07, 6.45) is 1.50. The van der Waals surface area contributed by atoms with Gasteiger partial charge in [-0.1, -0.05) is 30.3 Å². The van der Waals surface area contributed by atoms with Crippen LogP contribution in [0.4, 0.5) is 0 Å². The number of pyridine rings is 1. The van der Waals surface area contributed by atoms with Gasteiger partial charge in [-0.05, 0) is 27.6 Å². The van der Waals surface area contributed by atoms with Crippen molar-refractivity contribution in [1.82, 2.24) is 10.3 Å². The number of amides is 1. The first-order valence-electron chi connectivity index (χ1n) is 5.37. The Hall–Kier alpha value is -1.88. The molecular weight excluding hydrogens is 296 g/mol. The minimum Gasteiger partial charge on any atom is -0.348 e. The highest BCUT2D eigenvalue weighted by atomic mass is 79.9. The maximum absolute atomic E-state index is 11.8. The summed E-state index contributed by atoms with van der Waals surface area (Å²) in [5.41, 5.74) is 0.682. The van der Waals surface area contributed by atoms with Gasteiger partial charge in [-0.3, -0.25) is 9.59 Å². The number of rotatable bonds is 3. The molecule has 0 aliphatic heterocycles. The number of halogens is 1. The molecule has 1 aromatic carbocycles. The molecule has 0 spiro atoms. The van der Waals surface area contributed by atoms with E-state index in [1.165, 1.54) is 12.3 Å². The fraction of sp³-hybridized carbons (Fsp3) is 0.0769. The first-order valence-corrected chi connectivity index (χ1v) is 6.16. The van der Waals surface area contributed by atoms with Gasteiger partial charge in [0.05, 0.1) is 0 Å². The van der Waals surface area contributed by atoms with Crippen LogP contribution in [0.5, 0.6) is 0 Å². The van der Waals surface area contributed by atoms with E-state index in [1.807, 2.05) is 30.3 Å². The molecule has 1 aromatic heterocycles. The van der Waals surface area contributed by atoms with Crippen molar-refractivity contribution in [3.05, 3.63) is 68.5 Å². The third-order valence-corrected chi connectivity index (χ3v) is 2.87. The van der Waals surface area contributed by atoms with Crippen molar-refractivity contribution in [3.8, 4) is 0 Å². The molecular formula is C13H11BrN2O2. The van der Waals surface area contributed by atoms with Gasteiger partial charge < -0.3 is 10.3 Å². The Bertz CT molecular complexity index is 608. The highest BCUT2D eigenvalue weighted by Gasteiger charge is 2.10.